The summed E-state index contributed by atoms with van der Waals surface area (Å²) in [7, 11) is -3.56. The Hall–Kier alpha value is -0.890. The number of nitrogens with two attached hydrogens (primary N) is 1. The van der Waals surface area contributed by atoms with Crippen LogP contribution in [0.4, 0.5) is 0 Å². The van der Waals surface area contributed by atoms with Crippen LogP contribution in [0.1, 0.15) is 19.1 Å². The molecule has 2 heterocycles. The van der Waals surface area contributed by atoms with Crippen LogP contribution in [-0.4, -0.2) is 38.5 Å². The molecule has 0 amide bonds. The summed E-state index contributed by atoms with van der Waals surface area (Å²) < 4.78 is 36.7. The van der Waals surface area contributed by atoms with E-state index in [-0.39, 0.29) is 17.7 Å². The van der Waals surface area contributed by atoms with E-state index in [2.05, 4.69) is 0 Å². The fraction of sp³-hybridized carbons (Fsp3) is 0.636. The molecule has 1 aliphatic rings. The summed E-state index contributed by atoms with van der Waals surface area (Å²) in [4.78, 5) is 0. The summed E-state index contributed by atoms with van der Waals surface area (Å²) in [5, 5.41) is -0.0419. The van der Waals surface area contributed by atoms with E-state index in [9.17, 15) is 8.42 Å². The van der Waals surface area contributed by atoms with Gasteiger partial charge in [0, 0.05) is 13.1 Å². The highest BCUT2D eigenvalue weighted by Gasteiger charge is 2.32. The van der Waals surface area contributed by atoms with Gasteiger partial charge >= 0.3 is 0 Å². The van der Waals surface area contributed by atoms with Gasteiger partial charge in [-0.05, 0) is 18.6 Å². The van der Waals surface area contributed by atoms with Crippen molar-refractivity contribution in [1.29, 1.82) is 0 Å². The highest BCUT2D eigenvalue weighted by Crippen LogP contribution is 2.21. The topological polar surface area (TPSA) is 85.8 Å². The highest BCUT2D eigenvalue weighted by molar-refractivity contribution is 7.89. The molecule has 1 atom stereocenters. The zero-order valence-electron chi connectivity index (χ0n) is 10.3. The average molecular weight is 274 g/mol. The minimum absolute atomic E-state index is 0.0419. The van der Waals surface area contributed by atoms with Crippen molar-refractivity contribution < 1.29 is 17.6 Å². The van der Waals surface area contributed by atoms with Gasteiger partial charge in [0.1, 0.15) is 5.76 Å². The van der Waals surface area contributed by atoms with Crippen molar-refractivity contribution in [2.24, 2.45) is 5.73 Å². The van der Waals surface area contributed by atoms with Gasteiger partial charge in [-0.25, -0.2) is 8.42 Å². The molecule has 0 radical (unpaired) electrons. The molecule has 102 valence electrons. The minimum atomic E-state index is -3.56. The van der Waals surface area contributed by atoms with Crippen molar-refractivity contribution in [1.82, 2.24) is 4.31 Å². The number of hydrogen-bond acceptors (Lipinski definition) is 5. The number of hydrogen-bond donors (Lipinski definition) is 1. The number of morpholine rings is 1. The molecule has 0 aromatic carbocycles. The molecule has 1 fully saturated rings. The number of furan rings is 1. The van der Waals surface area contributed by atoms with Crippen LogP contribution < -0.4 is 5.73 Å². The second-order valence-electron chi connectivity index (χ2n) is 4.19. The van der Waals surface area contributed by atoms with Crippen LogP contribution in [0.15, 0.2) is 21.6 Å². The van der Waals surface area contributed by atoms with E-state index >= 15 is 0 Å². The van der Waals surface area contributed by atoms with Crippen LogP contribution in [0.5, 0.6) is 0 Å². The maximum absolute atomic E-state index is 12.3. The lowest BCUT2D eigenvalue weighted by molar-refractivity contribution is -0.00315. The van der Waals surface area contributed by atoms with Crippen molar-refractivity contribution in [2.45, 2.75) is 31.1 Å². The SMILES string of the molecule is CCC1CN(S(=O)(=O)c2ccc(CN)o2)CCO1. The van der Waals surface area contributed by atoms with E-state index in [4.69, 9.17) is 14.9 Å². The Morgan fingerprint density at radius 2 is 2.28 bits per heavy atom. The van der Waals surface area contributed by atoms with Gasteiger partial charge in [-0.15, -0.1) is 0 Å². The van der Waals surface area contributed by atoms with Crippen LogP contribution in [0, 0.1) is 0 Å². The Morgan fingerprint density at radius 1 is 1.50 bits per heavy atom. The maximum Gasteiger partial charge on any atom is 0.276 e. The summed E-state index contributed by atoms with van der Waals surface area (Å²) in [5.74, 6) is 0.467. The van der Waals surface area contributed by atoms with Gasteiger partial charge < -0.3 is 14.9 Å². The third-order valence-electron chi connectivity index (χ3n) is 2.99. The van der Waals surface area contributed by atoms with Gasteiger partial charge in [-0.1, -0.05) is 6.92 Å². The lowest BCUT2D eigenvalue weighted by Crippen LogP contribution is -2.45. The van der Waals surface area contributed by atoms with Crippen molar-refractivity contribution in [3.8, 4) is 0 Å². The van der Waals surface area contributed by atoms with Crippen molar-refractivity contribution >= 4 is 10.0 Å². The van der Waals surface area contributed by atoms with E-state index in [0.29, 0.717) is 25.5 Å². The van der Waals surface area contributed by atoms with Crippen LogP contribution in [0.3, 0.4) is 0 Å². The van der Waals surface area contributed by atoms with Crippen LogP contribution in [0.2, 0.25) is 0 Å². The standard InChI is InChI=1S/C11H18N2O4S/c1-2-9-8-13(5-6-16-9)18(14,15)11-4-3-10(7-12)17-11/h3-4,9H,2,5-8,12H2,1H3. The Morgan fingerprint density at radius 3 is 2.89 bits per heavy atom. The molecule has 18 heavy (non-hydrogen) atoms. The predicted molar refractivity (Wildman–Crippen MR) is 65.4 cm³/mol. The monoisotopic (exact) mass is 274 g/mol. The summed E-state index contributed by atoms with van der Waals surface area (Å²) in [5.41, 5.74) is 5.41. The third-order valence-corrected chi connectivity index (χ3v) is 4.73. The van der Waals surface area contributed by atoms with Crippen molar-refractivity contribution in [3.63, 3.8) is 0 Å². The lowest BCUT2D eigenvalue weighted by atomic mass is 10.2. The predicted octanol–water partition coefficient (Wildman–Crippen LogP) is 0.538. The van der Waals surface area contributed by atoms with Gasteiger partial charge in [-0.2, -0.15) is 4.31 Å². The lowest BCUT2D eigenvalue weighted by Gasteiger charge is -2.30. The summed E-state index contributed by atoms with van der Waals surface area (Å²) >= 11 is 0. The molecule has 0 aliphatic carbocycles. The minimum Gasteiger partial charge on any atom is -0.447 e. The Bertz CT molecular complexity index is 497. The summed E-state index contributed by atoms with van der Waals surface area (Å²) in [6.45, 7) is 3.31. The number of sulfonamides is 1. The van der Waals surface area contributed by atoms with Crippen LogP contribution in [-0.2, 0) is 21.3 Å². The molecular formula is C11H18N2O4S. The van der Waals surface area contributed by atoms with Gasteiger partial charge in [0.25, 0.3) is 10.0 Å². The zero-order valence-corrected chi connectivity index (χ0v) is 11.1. The summed E-state index contributed by atoms with van der Waals surface area (Å²) in [6, 6.07) is 3.04. The van der Waals surface area contributed by atoms with Gasteiger partial charge in [-0.3, -0.25) is 0 Å². The molecule has 7 heteroatoms. The first kappa shape index (κ1) is 13.5. The first-order valence-corrected chi connectivity index (χ1v) is 7.42. The van der Waals surface area contributed by atoms with E-state index < -0.39 is 10.0 Å². The van der Waals surface area contributed by atoms with Crippen LogP contribution >= 0.6 is 0 Å². The molecule has 0 spiro atoms. The highest BCUT2D eigenvalue weighted by atomic mass is 32.2. The molecule has 1 saturated heterocycles. The molecule has 6 nitrogen and oxygen atoms in total. The van der Waals surface area contributed by atoms with Gasteiger partial charge in [0.15, 0.2) is 0 Å². The second-order valence-corrected chi connectivity index (χ2v) is 6.06. The normalized spacial score (nSPS) is 22.2. The number of rotatable bonds is 4. The summed E-state index contributed by atoms with van der Waals surface area (Å²) in [6.07, 6.45) is 0.746. The maximum atomic E-state index is 12.3. The quantitative estimate of drug-likeness (QED) is 0.866. The number of ether oxygens (including phenoxy) is 1. The molecule has 1 aliphatic heterocycles. The van der Waals surface area contributed by atoms with Gasteiger partial charge in [0.05, 0.1) is 19.3 Å². The molecule has 2 N–H and O–H groups in total. The fourth-order valence-corrected chi connectivity index (χ4v) is 3.28. The second kappa shape index (κ2) is 5.40. The molecule has 1 unspecified atom stereocenters. The van der Waals surface area contributed by atoms with E-state index in [1.54, 1.807) is 6.07 Å². The van der Waals surface area contributed by atoms with Crippen molar-refractivity contribution in [2.75, 3.05) is 19.7 Å². The Kier molecular flexibility index (Phi) is 4.06. The molecule has 1 aromatic rings. The first-order chi connectivity index (χ1) is 8.57. The molecule has 1 aromatic heterocycles. The molecule has 0 saturated carbocycles. The van der Waals surface area contributed by atoms with Gasteiger partial charge in [0.2, 0.25) is 5.09 Å². The Balaban J connectivity index is 2.19. The van der Waals surface area contributed by atoms with E-state index in [0.717, 1.165) is 6.42 Å². The van der Waals surface area contributed by atoms with Crippen molar-refractivity contribution in [3.05, 3.63) is 17.9 Å². The van der Waals surface area contributed by atoms with Crippen LogP contribution in [0.25, 0.3) is 0 Å². The average Bonchev–Trinajstić information content (AvgIpc) is 2.88. The molecule has 2 rings (SSSR count). The molecule has 0 bridgehead atoms. The first-order valence-electron chi connectivity index (χ1n) is 5.98. The zero-order chi connectivity index (χ0) is 13.2. The largest absolute Gasteiger partial charge is 0.447 e. The van der Waals surface area contributed by atoms with E-state index in [1.807, 2.05) is 6.92 Å². The van der Waals surface area contributed by atoms with E-state index in [1.165, 1.54) is 10.4 Å². The Labute approximate surface area is 107 Å². The molecular weight excluding hydrogens is 256 g/mol. The number of nitrogens with zero attached hydrogens (tertiary/aromatic N) is 1. The third kappa shape index (κ3) is 2.59. The fourth-order valence-electron chi connectivity index (χ4n) is 1.89. The smallest absolute Gasteiger partial charge is 0.276 e.